The van der Waals surface area contributed by atoms with Crippen LogP contribution in [0.25, 0.3) is 11.3 Å². The summed E-state index contributed by atoms with van der Waals surface area (Å²) in [4.78, 5) is 12.0. The topological polar surface area (TPSA) is 41.1 Å². The fourth-order valence-corrected chi connectivity index (χ4v) is 3.67. The van der Waals surface area contributed by atoms with Gasteiger partial charge in [-0.25, -0.2) is 14.4 Å². The Kier molecular flexibility index (Phi) is 4.66. The molecule has 1 saturated heterocycles. The van der Waals surface area contributed by atoms with E-state index in [-0.39, 0.29) is 0 Å². The molecule has 0 unspecified atom stereocenters. The quantitative estimate of drug-likeness (QED) is 0.912. The Labute approximate surface area is 148 Å². The third-order valence-corrected chi connectivity index (χ3v) is 5.20. The first kappa shape index (κ1) is 16.5. The van der Waals surface area contributed by atoms with E-state index in [4.69, 9.17) is 9.97 Å². The SMILES string of the molecule is Cc1ccc(-c2nc(N3CCC(F)CC3)nc3c2CCNCC3)cc1. The zero-order valence-electron chi connectivity index (χ0n) is 14.8. The van der Waals surface area contributed by atoms with Crippen molar-refractivity contribution in [3.8, 4) is 11.3 Å². The van der Waals surface area contributed by atoms with E-state index in [1.54, 1.807) is 0 Å². The molecule has 4 nitrogen and oxygen atoms in total. The van der Waals surface area contributed by atoms with Gasteiger partial charge < -0.3 is 10.2 Å². The van der Waals surface area contributed by atoms with Crippen molar-refractivity contribution < 1.29 is 4.39 Å². The molecule has 25 heavy (non-hydrogen) atoms. The number of benzene rings is 1. The summed E-state index contributed by atoms with van der Waals surface area (Å²) in [5.41, 5.74) is 5.85. The van der Waals surface area contributed by atoms with Crippen molar-refractivity contribution in [2.75, 3.05) is 31.1 Å². The molecular formula is C20H25FN4. The minimum atomic E-state index is -0.683. The van der Waals surface area contributed by atoms with E-state index in [2.05, 4.69) is 41.4 Å². The highest BCUT2D eigenvalue weighted by atomic mass is 19.1. The second-order valence-corrected chi connectivity index (χ2v) is 7.08. The molecule has 0 saturated carbocycles. The maximum atomic E-state index is 13.5. The van der Waals surface area contributed by atoms with Gasteiger partial charge in [-0.15, -0.1) is 0 Å². The van der Waals surface area contributed by atoms with Crippen LogP contribution in [-0.2, 0) is 12.8 Å². The van der Waals surface area contributed by atoms with E-state index in [1.807, 2.05) is 0 Å². The van der Waals surface area contributed by atoms with E-state index >= 15 is 0 Å². The number of hydrogen-bond acceptors (Lipinski definition) is 4. The zero-order valence-corrected chi connectivity index (χ0v) is 14.8. The molecule has 1 aromatic carbocycles. The lowest BCUT2D eigenvalue weighted by Crippen LogP contribution is -2.36. The molecule has 1 N–H and O–H groups in total. The lowest BCUT2D eigenvalue weighted by atomic mass is 10.00. The average Bonchev–Trinajstić information content (AvgIpc) is 2.88. The van der Waals surface area contributed by atoms with Gasteiger partial charge in [-0.3, -0.25) is 0 Å². The highest BCUT2D eigenvalue weighted by Gasteiger charge is 2.24. The number of nitrogens with one attached hydrogen (secondary N) is 1. The van der Waals surface area contributed by atoms with Gasteiger partial charge >= 0.3 is 0 Å². The van der Waals surface area contributed by atoms with Crippen molar-refractivity contribution in [1.29, 1.82) is 0 Å². The van der Waals surface area contributed by atoms with Crippen molar-refractivity contribution in [1.82, 2.24) is 15.3 Å². The lowest BCUT2D eigenvalue weighted by Gasteiger charge is -2.29. The Hall–Kier alpha value is -2.01. The Morgan fingerprint density at radius 3 is 2.52 bits per heavy atom. The summed E-state index contributed by atoms with van der Waals surface area (Å²) in [7, 11) is 0. The largest absolute Gasteiger partial charge is 0.341 e. The minimum absolute atomic E-state index is 0.571. The van der Waals surface area contributed by atoms with Crippen LogP contribution in [0.1, 0.15) is 29.7 Å². The maximum absolute atomic E-state index is 13.5. The van der Waals surface area contributed by atoms with E-state index in [0.717, 1.165) is 48.8 Å². The van der Waals surface area contributed by atoms with Crippen molar-refractivity contribution >= 4 is 5.95 Å². The third-order valence-electron chi connectivity index (χ3n) is 5.20. The van der Waals surface area contributed by atoms with Gasteiger partial charge in [-0.1, -0.05) is 29.8 Å². The molecule has 1 aromatic heterocycles. The molecule has 4 rings (SSSR count). The van der Waals surface area contributed by atoms with Crippen molar-refractivity contribution in [3.63, 3.8) is 0 Å². The first-order chi connectivity index (χ1) is 12.2. The summed E-state index contributed by atoms with van der Waals surface area (Å²) in [5.74, 6) is 0.767. The third kappa shape index (κ3) is 3.52. The molecular weight excluding hydrogens is 315 g/mol. The fraction of sp³-hybridized carbons (Fsp3) is 0.500. The second-order valence-electron chi connectivity index (χ2n) is 7.08. The summed E-state index contributed by atoms with van der Waals surface area (Å²) >= 11 is 0. The van der Waals surface area contributed by atoms with Crippen LogP contribution in [0.3, 0.4) is 0 Å². The number of piperidine rings is 1. The van der Waals surface area contributed by atoms with Crippen molar-refractivity contribution in [3.05, 3.63) is 41.1 Å². The highest BCUT2D eigenvalue weighted by molar-refractivity contribution is 5.66. The lowest BCUT2D eigenvalue weighted by molar-refractivity contribution is 0.276. The van der Waals surface area contributed by atoms with Gasteiger partial charge in [0.15, 0.2) is 0 Å². The molecule has 5 heteroatoms. The van der Waals surface area contributed by atoms with E-state index in [1.165, 1.54) is 11.1 Å². The Morgan fingerprint density at radius 1 is 1.04 bits per heavy atom. The van der Waals surface area contributed by atoms with Crippen LogP contribution in [0, 0.1) is 6.92 Å². The number of hydrogen-bond donors (Lipinski definition) is 1. The number of halogens is 1. The maximum Gasteiger partial charge on any atom is 0.226 e. The molecule has 0 bridgehead atoms. The molecule has 132 valence electrons. The predicted octanol–water partition coefficient (Wildman–Crippen LogP) is 3.08. The number of aromatic nitrogens is 2. The van der Waals surface area contributed by atoms with Gasteiger partial charge in [-0.05, 0) is 32.7 Å². The van der Waals surface area contributed by atoms with Gasteiger partial charge in [0.2, 0.25) is 5.95 Å². The predicted molar refractivity (Wildman–Crippen MR) is 98.8 cm³/mol. The Morgan fingerprint density at radius 2 is 1.76 bits per heavy atom. The molecule has 0 amide bonds. The summed E-state index contributed by atoms with van der Waals surface area (Å²) in [6.45, 7) is 5.41. The van der Waals surface area contributed by atoms with Gasteiger partial charge in [0, 0.05) is 37.2 Å². The first-order valence-electron chi connectivity index (χ1n) is 9.27. The average molecular weight is 340 g/mol. The number of aryl methyl sites for hydroxylation is 1. The van der Waals surface area contributed by atoms with Gasteiger partial charge in [-0.2, -0.15) is 0 Å². The van der Waals surface area contributed by atoms with E-state index in [0.29, 0.717) is 25.9 Å². The smallest absolute Gasteiger partial charge is 0.226 e. The second kappa shape index (κ2) is 7.08. The fourth-order valence-electron chi connectivity index (χ4n) is 3.67. The van der Waals surface area contributed by atoms with E-state index < -0.39 is 6.17 Å². The molecule has 2 aliphatic rings. The summed E-state index contributed by atoms with van der Waals surface area (Å²) in [6.07, 6.45) is 2.33. The standard InChI is InChI=1S/C20H25FN4/c1-14-2-4-15(5-3-14)19-17-6-10-22-11-7-18(17)23-20(24-19)25-12-8-16(21)9-13-25/h2-5,16,22H,6-13H2,1H3. The molecule has 0 aliphatic carbocycles. The van der Waals surface area contributed by atoms with Crippen LogP contribution in [-0.4, -0.2) is 42.3 Å². The number of fused-ring (bicyclic) bond motifs is 1. The van der Waals surface area contributed by atoms with Crippen LogP contribution in [0.5, 0.6) is 0 Å². The van der Waals surface area contributed by atoms with Gasteiger partial charge in [0.25, 0.3) is 0 Å². The number of anilines is 1. The van der Waals surface area contributed by atoms with Gasteiger partial charge in [0.1, 0.15) is 6.17 Å². The monoisotopic (exact) mass is 340 g/mol. The molecule has 1 fully saturated rings. The van der Waals surface area contributed by atoms with Gasteiger partial charge in [0.05, 0.1) is 11.4 Å². The number of nitrogens with zero attached hydrogens (tertiary/aromatic N) is 3. The summed E-state index contributed by atoms with van der Waals surface area (Å²) in [6, 6.07) is 8.56. The Balaban J connectivity index is 1.77. The molecule has 3 heterocycles. The molecule has 2 aromatic rings. The van der Waals surface area contributed by atoms with Crippen LogP contribution in [0.4, 0.5) is 10.3 Å². The molecule has 2 aliphatic heterocycles. The number of alkyl halides is 1. The Bertz CT molecular complexity index is 736. The van der Waals surface area contributed by atoms with Crippen LogP contribution in [0.2, 0.25) is 0 Å². The van der Waals surface area contributed by atoms with Crippen molar-refractivity contribution in [2.24, 2.45) is 0 Å². The molecule has 0 radical (unpaired) electrons. The molecule has 0 spiro atoms. The number of rotatable bonds is 2. The van der Waals surface area contributed by atoms with Crippen molar-refractivity contribution in [2.45, 2.75) is 38.8 Å². The summed E-state index contributed by atoms with van der Waals surface area (Å²) in [5, 5.41) is 3.46. The van der Waals surface area contributed by atoms with Crippen LogP contribution >= 0.6 is 0 Å². The van der Waals surface area contributed by atoms with E-state index in [9.17, 15) is 4.39 Å². The normalized spacial score (nSPS) is 18.7. The minimum Gasteiger partial charge on any atom is -0.341 e. The summed E-state index contributed by atoms with van der Waals surface area (Å²) < 4.78 is 13.5. The first-order valence-corrected chi connectivity index (χ1v) is 9.27. The molecule has 0 atom stereocenters. The highest BCUT2D eigenvalue weighted by Crippen LogP contribution is 2.29. The van der Waals surface area contributed by atoms with Crippen LogP contribution < -0.4 is 10.2 Å². The van der Waals surface area contributed by atoms with Crippen LogP contribution in [0.15, 0.2) is 24.3 Å². The zero-order chi connectivity index (χ0) is 17.2.